The Morgan fingerprint density at radius 2 is 1.96 bits per heavy atom. The van der Waals surface area contributed by atoms with Gasteiger partial charge in [-0.15, -0.1) is 0 Å². The van der Waals surface area contributed by atoms with Gasteiger partial charge in [-0.1, -0.05) is 29.2 Å². The van der Waals surface area contributed by atoms with Crippen molar-refractivity contribution in [1.82, 2.24) is 15.0 Å². The summed E-state index contributed by atoms with van der Waals surface area (Å²) in [6.07, 6.45) is 3.17. The lowest BCUT2D eigenvalue weighted by atomic mass is 10.1. The van der Waals surface area contributed by atoms with Gasteiger partial charge >= 0.3 is 0 Å². The zero-order valence-electron chi connectivity index (χ0n) is 12.7. The number of benzene rings is 2. The monoisotopic (exact) mass is 364 g/mol. The van der Waals surface area contributed by atoms with E-state index in [1.807, 2.05) is 18.2 Å². The van der Waals surface area contributed by atoms with Crippen molar-refractivity contribution in [3.63, 3.8) is 0 Å². The molecule has 120 valence electrons. The fraction of sp³-hybridized carbons (Fsp3) is 0. The number of hydrogen-bond acceptors (Lipinski definition) is 6. The maximum atomic E-state index is 13.0. The summed E-state index contributed by atoms with van der Waals surface area (Å²) in [5, 5.41) is 10.3. The Kier molecular flexibility index (Phi) is 4.14. The van der Waals surface area contributed by atoms with Crippen molar-refractivity contribution in [3.8, 4) is 16.6 Å². The molecule has 25 heavy (non-hydrogen) atoms. The summed E-state index contributed by atoms with van der Waals surface area (Å²) in [7, 11) is 0. The van der Waals surface area contributed by atoms with Crippen molar-refractivity contribution >= 4 is 33.4 Å². The zero-order chi connectivity index (χ0) is 17.2. The number of rotatable bonds is 3. The Morgan fingerprint density at radius 1 is 1.12 bits per heavy atom. The van der Waals surface area contributed by atoms with Crippen LogP contribution >= 0.6 is 23.1 Å². The van der Waals surface area contributed by atoms with Crippen molar-refractivity contribution in [2.24, 2.45) is 0 Å². The van der Waals surface area contributed by atoms with Crippen LogP contribution in [0.5, 0.6) is 0 Å². The Hall–Kier alpha value is -2.82. The van der Waals surface area contributed by atoms with E-state index < -0.39 is 0 Å². The Bertz CT molecular complexity index is 1070. The number of thiazole rings is 1. The molecule has 0 amide bonds. The van der Waals surface area contributed by atoms with Gasteiger partial charge in [0.25, 0.3) is 0 Å². The highest BCUT2D eigenvalue weighted by Gasteiger charge is 2.11. The number of nitriles is 1. The molecule has 2 heterocycles. The Balaban J connectivity index is 1.69. The van der Waals surface area contributed by atoms with E-state index in [2.05, 4.69) is 21.0 Å². The second-order valence-electron chi connectivity index (χ2n) is 5.11. The van der Waals surface area contributed by atoms with Crippen LogP contribution in [-0.4, -0.2) is 15.0 Å². The zero-order valence-corrected chi connectivity index (χ0v) is 14.3. The predicted octanol–water partition coefficient (Wildman–Crippen LogP) is 4.92. The van der Waals surface area contributed by atoms with Gasteiger partial charge in [0.05, 0.1) is 11.8 Å². The molecule has 0 saturated carbocycles. The summed E-state index contributed by atoms with van der Waals surface area (Å²) in [5.74, 6) is -0.279. The van der Waals surface area contributed by atoms with Gasteiger partial charge in [-0.3, -0.25) is 0 Å². The molecule has 7 heteroatoms. The average Bonchev–Trinajstić information content (AvgIpc) is 3.08. The fourth-order valence-corrected chi connectivity index (χ4v) is 4.03. The lowest BCUT2D eigenvalue weighted by Crippen LogP contribution is -1.85. The van der Waals surface area contributed by atoms with E-state index in [0.717, 1.165) is 30.7 Å². The predicted molar refractivity (Wildman–Crippen MR) is 95.9 cm³/mol. The van der Waals surface area contributed by atoms with Crippen LogP contribution in [0, 0.1) is 17.1 Å². The third kappa shape index (κ3) is 3.22. The van der Waals surface area contributed by atoms with Gasteiger partial charge in [0.2, 0.25) is 0 Å². The number of nitrogens with zero attached hydrogens (tertiary/aromatic N) is 4. The fourth-order valence-electron chi connectivity index (χ4n) is 2.28. The second-order valence-corrected chi connectivity index (χ2v) is 7.20. The summed E-state index contributed by atoms with van der Waals surface area (Å²) in [6, 6.07) is 14.1. The van der Waals surface area contributed by atoms with Gasteiger partial charge in [-0.05, 0) is 36.4 Å². The summed E-state index contributed by atoms with van der Waals surface area (Å²) in [4.78, 5) is 15.2. The molecule has 0 N–H and O–H groups in total. The molecule has 0 spiro atoms. The summed E-state index contributed by atoms with van der Waals surface area (Å²) < 4.78 is 13.0. The first-order valence-electron chi connectivity index (χ1n) is 7.27. The van der Waals surface area contributed by atoms with Crippen LogP contribution in [0.3, 0.4) is 0 Å². The number of fused-ring (bicyclic) bond motifs is 1. The maximum Gasteiger partial charge on any atom is 0.147 e. The van der Waals surface area contributed by atoms with Crippen molar-refractivity contribution in [2.75, 3.05) is 0 Å². The molecule has 0 aliphatic heterocycles. The SMILES string of the molecule is N#Cc1cc(-c2nc3cncnc3s2)ccc1Sc1ccc(F)cc1. The lowest BCUT2D eigenvalue weighted by Gasteiger charge is -2.05. The topological polar surface area (TPSA) is 62.5 Å². The largest absolute Gasteiger partial charge is 0.242 e. The molecule has 4 rings (SSSR count). The summed E-state index contributed by atoms with van der Waals surface area (Å²) in [5.41, 5.74) is 2.16. The molecule has 2 aromatic carbocycles. The highest BCUT2D eigenvalue weighted by atomic mass is 32.2. The van der Waals surface area contributed by atoms with E-state index in [4.69, 9.17) is 0 Å². The van der Waals surface area contributed by atoms with Gasteiger partial charge < -0.3 is 0 Å². The number of aromatic nitrogens is 3. The minimum atomic E-state index is -0.279. The number of halogens is 1. The minimum absolute atomic E-state index is 0.279. The van der Waals surface area contributed by atoms with Crippen LogP contribution in [0.4, 0.5) is 4.39 Å². The van der Waals surface area contributed by atoms with Crippen molar-refractivity contribution in [1.29, 1.82) is 5.26 Å². The highest BCUT2D eigenvalue weighted by molar-refractivity contribution is 7.99. The highest BCUT2D eigenvalue weighted by Crippen LogP contribution is 2.34. The molecule has 2 aromatic heterocycles. The molecule has 4 aromatic rings. The van der Waals surface area contributed by atoms with Crippen LogP contribution in [0.1, 0.15) is 5.56 Å². The quantitative estimate of drug-likeness (QED) is 0.516. The minimum Gasteiger partial charge on any atom is -0.242 e. The van der Waals surface area contributed by atoms with Crippen LogP contribution in [0.15, 0.2) is 64.8 Å². The van der Waals surface area contributed by atoms with Gasteiger partial charge in [-0.2, -0.15) is 5.26 Å². The normalized spacial score (nSPS) is 10.7. The standard InChI is InChI=1S/C18H9FN4S2/c19-13-2-4-14(5-3-13)24-16-6-1-11(7-12(16)8-20)17-23-15-9-21-10-22-18(15)25-17/h1-7,9-10H. The van der Waals surface area contributed by atoms with E-state index in [9.17, 15) is 9.65 Å². The Labute approximate surface area is 151 Å². The van der Waals surface area contributed by atoms with Gasteiger partial charge in [0, 0.05) is 15.4 Å². The van der Waals surface area contributed by atoms with Crippen LogP contribution in [0.2, 0.25) is 0 Å². The Morgan fingerprint density at radius 3 is 2.72 bits per heavy atom. The molecule has 0 radical (unpaired) electrons. The molecule has 0 bridgehead atoms. The van der Waals surface area contributed by atoms with E-state index in [-0.39, 0.29) is 5.82 Å². The molecule has 0 aliphatic rings. The third-order valence-electron chi connectivity index (χ3n) is 3.46. The van der Waals surface area contributed by atoms with E-state index in [1.54, 1.807) is 18.3 Å². The van der Waals surface area contributed by atoms with Gasteiger partial charge in [0.1, 0.15) is 33.6 Å². The van der Waals surface area contributed by atoms with Crippen LogP contribution in [-0.2, 0) is 0 Å². The summed E-state index contributed by atoms with van der Waals surface area (Å²) >= 11 is 2.89. The molecule has 0 aliphatic carbocycles. The van der Waals surface area contributed by atoms with Crippen molar-refractivity contribution in [2.45, 2.75) is 9.79 Å². The first-order valence-corrected chi connectivity index (χ1v) is 8.91. The van der Waals surface area contributed by atoms with Gasteiger partial charge in [0.15, 0.2) is 0 Å². The second kappa shape index (κ2) is 6.59. The van der Waals surface area contributed by atoms with Crippen molar-refractivity contribution < 1.29 is 4.39 Å². The third-order valence-corrected chi connectivity index (χ3v) is 5.57. The molecular weight excluding hydrogens is 355 g/mol. The van der Waals surface area contributed by atoms with Crippen LogP contribution < -0.4 is 0 Å². The molecule has 4 nitrogen and oxygen atoms in total. The molecule has 0 atom stereocenters. The van der Waals surface area contributed by atoms with E-state index >= 15 is 0 Å². The van der Waals surface area contributed by atoms with Gasteiger partial charge in [-0.25, -0.2) is 19.3 Å². The van der Waals surface area contributed by atoms with Crippen molar-refractivity contribution in [3.05, 3.63) is 66.4 Å². The van der Waals surface area contributed by atoms with E-state index in [0.29, 0.717) is 5.56 Å². The summed E-state index contributed by atoms with van der Waals surface area (Å²) in [6.45, 7) is 0. The van der Waals surface area contributed by atoms with E-state index in [1.165, 1.54) is 41.6 Å². The first kappa shape index (κ1) is 15.7. The maximum absolute atomic E-state index is 13.0. The molecule has 0 saturated heterocycles. The average molecular weight is 364 g/mol. The lowest BCUT2D eigenvalue weighted by molar-refractivity contribution is 0.626. The molecular formula is C18H9FN4S2. The first-order chi connectivity index (χ1) is 12.2. The molecule has 0 fully saturated rings. The van der Waals surface area contributed by atoms with Crippen LogP contribution in [0.25, 0.3) is 20.9 Å². The molecule has 0 unspecified atom stereocenters. The smallest absolute Gasteiger partial charge is 0.147 e. The number of hydrogen-bond donors (Lipinski definition) is 0.